The maximum atomic E-state index is 12.9. The average molecular weight is 401 g/mol. The second-order valence-electron chi connectivity index (χ2n) is 6.53. The van der Waals surface area contributed by atoms with Crippen LogP contribution in [0.15, 0.2) is 47.4 Å². The minimum absolute atomic E-state index is 0.0412. The molecule has 8 heteroatoms. The summed E-state index contributed by atoms with van der Waals surface area (Å²) in [5.74, 6) is -0.243. The van der Waals surface area contributed by atoms with E-state index in [1.807, 2.05) is 18.2 Å². The van der Waals surface area contributed by atoms with Gasteiger partial charge in [0.15, 0.2) is 0 Å². The van der Waals surface area contributed by atoms with Crippen LogP contribution in [0.5, 0.6) is 0 Å². The SMILES string of the molecule is CSc1ccc(C(=O)N(C)Cc2ccccc2N2CCOCC2)cc1[N+](=O)[O-]. The zero-order chi connectivity index (χ0) is 20.1. The Bertz CT molecular complexity index is 868. The van der Waals surface area contributed by atoms with E-state index in [0.29, 0.717) is 30.2 Å². The number of thioether (sulfide) groups is 1. The van der Waals surface area contributed by atoms with Crippen molar-refractivity contribution in [1.82, 2.24) is 4.90 Å². The molecule has 1 heterocycles. The molecule has 1 aliphatic rings. The van der Waals surface area contributed by atoms with Crippen molar-refractivity contribution in [3.05, 3.63) is 63.7 Å². The Morgan fingerprint density at radius 2 is 1.96 bits per heavy atom. The molecule has 28 heavy (non-hydrogen) atoms. The third-order valence-corrected chi connectivity index (χ3v) is 5.51. The van der Waals surface area contributed by atoms with Gasteiger partial charge in [-0.25, -0.2) is 0 Å². The van der Waals surface area contributed by atoms with E-state index in [-0.39, 0.29) is 11.6 Å². The third-order valence-electron chi connectivity index (χ3n) is 4.72. The van der Waals surface area contributed by atoms with Gasteiger partial charge >= 0.3 is 0 Å². The lowest BCUT2D eigenvalue weighted by molar-refractivity contribution is -0.387. The van der Waals surface area contributed by atoms with Crippen LogP contribution in [-0.4, -0.2) is 55.3 Å². The van der Waals surface area contributed by atoms with Crippen LogP contribution in [0.2, 0.25) is 0 Å². The summed E-state index contributed by atoms with van der Waals surface area (Å²) in [6.07, 6.45) is 1.78. The summed E-state index contributed by atoms with van der Waals surface area (Å²) < 4.78 is 5.42. The van der Waals surface area contributed by atoms with E-state index in [4.69, 9.17) is 4.74 Å². The molecule has 0 spiro atoms. The first kappa shape index (κ1) is 20.2. The van der Waals surface area contributed by atoms with E-state index in [1.165, 1.54) is 17.8 Å². The maximum absolute atomic E-state index is 12.9. The fraction of sp³-hybridized carbons (Fsp3) is 0.350. The van der Waals surface area contributed by atoms with Gasteiger partial charge in [-0.15, -0.1) is 11.8 Å². The Hall–Kier alpha value is -2.58. The van der Waals surface area contributed by atoms with Gasteiger partial charge in [-0.05, 0) is 30.0 Å². The predicted molar refractivity (Wildman–Crippen MR) is 110 cm³/mol. The number of benzene rings is 2. The monoisotopic (exact) mass is 401 g/mol. The van der Waals surface area contributed by atoms with Crippen LogP contribution in [0.25, 0.3) is 0 Å². The molecular formula is C20H23N3O4S. The Morgan fingerprint density at radius 3 is 2.64 bits per heavy atom. The number of morpholine rings is 1. The van der Waals surface area contributed by atoms with Crippen molar-refractivity contribution in [1.29, 1.82) is 0 Å². The molecule has 0 N–H and O–H groups in total. The number of hydrogen-bond donors (Lipinski definition) is 0. The van der Waals surface area contributed by atoms with Gasteiger partial charge in [0.2, 0.25) is 0 Å². The number of anilines is 1. The molecule has 0 atom stereocenters. The van der Waals surface area contributed by atoms with E-state index < -0.39 is 4.92 Å². The van der Waals surface area contributed by atoms with E-state index >= 15 is 0 Å². The number of nitro benzene ring substituents is 1. The van der Waals surface area contributed by atoms with Gasteiger partial charge in [0.1, 0.15) is 0 Å². The molecule has 0 unspecified atom stereocenters. The summed E-state index contributed by atoms with van der Waals surface area (Å²) in [5.41, 5.74) is 2.40. The van der Waals surface area contributed by atoms with Gasteiger partial charge < -0.3 is 14.5 Å². The third kappa shape index (κ3) is 4.45. The van der Waals surface area contributed by atoms with Gasteiger partial charge in [0.05, 0.1) is 23.0 Å². The number of nitrogens with zero attached hydrogens (tertiary/aromatic N) is 3. The number of carbonyl (C=O) groups is 1. The lowest BCUT2D eigenvalue weighted by atomic mass is 10.1. The Balaban J connectivity index is 1.80. The second kappa shape index (κ2) is 9.07. The van der Waals surface area contributed by atoms with Gasteiger partial charge in [0.25, 0.3) is 11.6 Å². The van der Waals surface area contributed by atoms with Crippen LogP contribution in [0.3, 0.4) is 0 Å². The number of amides is 1. The van der Waals surface area contributed by atoms with Gasteiger partial charge in [0, 0.05) is 44.0 Å². The smallest absolute Gasteiger partial charge is 0.283 e. The maximum Gasteiger partial charge on any atom is 0.283 e. The highest BCUT2D eigenvalue weighted by Crippen LogP contribution is 2.29. The standard InChI is InChI=1S/C20H23N3O4S/c1-21(20(24)15-7-8-19(28-2)18(13-15)23(25)26)14-16-5-3-4-6-17(16)22-9-11-27-12-10-22/h3-8,13H,9-12,14H2,1-2H3. The van der Waals surface area contributed by atoms with Crippen molar-refractivity contribution in [3.8, 4) is 0 Å². The van der Waals surface area contributed by atoms with Crippen LogP contribution in [0.1, 0.15) is 15.9 Å². The predicted octanol–water partition coefficient (Wildman–Crippen LogP) is 3.43. The number of rotatable bonds is 6. The lowest BCUT2D eigenvalue weighted by Gasteiger charge is -2.31. The molecule has 0 bridgehead atoms. The second-order valence-corrected chi connectivity index (χ2v) is 7.38. The minimum Gasteiger partial charge on any atom is -0.378 e. The Labute approximate surface area is 168 Å². The molecule has 1 amide bonds. The highest BCUT2D eigenvalue weighted by atomic mass is 32.2. The lowest BCUT2D eigenvalue weighted by Crippen LogP contribution is -2.37. The van der Waals surface area contributed by atoms with Crippen molar-refractivity contribution in [2.24, 2.45) is 0 Å². The molecule has 2 aromatic carbocycles. The number of ether oxygens (including phenoxy) is 1. The number of hydrogen-bond acceptors (Lipinski definition) is 6. The molecular weight excluding hydrogens is 378 g/mol. The van der Waals surface area contributed by atoms with Crippen LogP contribution in [0.4, 0.5) is 11.4 Å². The van der Waals surface area contributed by atoms with E-state index in [9.17, 15) is 14.9 Å². The largest absolute Gasteiger partial charge is 0.378 e. The quantitative estimate of drug-likeness (QED) is 0.419. The summed E-state index contributed by atoms with van der Waals surface area (Å²) in [6.45, 7) is 3.43. The fourth-order valence-electron chi connectivity index (χ4n) is 3.27. The first-order chi connectivity index (χ1) is 13.5. The normalized spacial score (nSPS) is 14.0. The van der Waals surface area contributed by atoms with Crippen LogP contribution in [-0.2, 0) is 11.3 Å². The van der Waals surface area contributed by atoms with Crippen molar-refractivity contribution in [2.45, 2.75) is 11.4 Å². The number of para-hydroxylation sites is 1. The van der Waals surface area contributed by atoms with Gasteiger partial charge in [-0.2, -0.15) is 0 Å². The Morgan fingerprint density at radius 1 is 1.25 bits per heavy atom. The van der Waals surface area contributed by atoms with Gasteiger partial charge in [-0.3, -0.25) is 14.9 Å². The summed E-state index contributed by atoms with van der Waals surface area (Å²) in [7, 11) is 1.72. The number of nitro groups is 1. The molecule has 1 aliphatic heterocycles. The molecule has 1 fully saturated rings. The highest BCUT2D eigenvalue weighted by molar-refractivity contribution is 7.98. The highest BCUT2D eigenvalue weighted by Gasteiger charge is 2.21. The Kier molecular flexibility index (Phi) is 6.53. The summed E-state index contributed by atoms with van der Waals surface area (Å²) in [6, 6.07) is 12.6. The van der Waals surface area contributed by atoms with Crippen molar-refractivity contribution in [2.75, 3.05) is 44.5 Å². The molecule has 7 nitrogen and oxygen atoms in total. The molecule has 1 saturated heterocycles. The molecule has 2 aromatic rings. The van der Waals surface area contributed by atoms with E-state index in [0.717, 1.165) is 24.3 Å². The summed E-state index contributed by atoms with van der Waals surface area (Å²) in [5, 5.41) is 11.3. The molecule has 0 radical (unpaired) electrons. The summed E-state index contributed by atoms with van der Waals surface area (Å²) in [4.78, 5) is 28.1. The van der Waals surface area contributed by atoms with Crippen molar-refractivity contribution < 1.29 is 14.5 Å². The summed E-state index contributed by atoms with van der Waals surface area (Å²) >= 11 is 1.29. The minimum atomic E-state index is -0.448. The first-order valence-corrected chi connectivity index (χ1v) is 10.2. The topological polar surface area (TPSA) is 75.9 Å². The van der Waals surface area contributed by atoms with Crippen molar-refractivity contribution >= 4 is 29.0 Å². The molecule has 148 valence electrons. The fourth-order valence-corrected chi connectivity index (χ4v) is 3.82. The van der Waals surface area contributed by atoms with Crippen LogP contribution < -0.4 is 4.90 Å². The van der Waals surface area contributed by atoms with Gasteiger partial charge in [-0.1, -0.05) is 18.2 Å². The van der Waals surface area contributed by atoms with Crippen molar-refractivity contribution in [3.63, 3.8) is 0 Å². The zero-order valence-corrected chi connectivity index (χ0v) is 16.8. The first-order valence-electron chi connectivity index (χ1n) is 8.99. The van der Waals surface area contributed by atoms with Crippen LogP contribution >= 0.6 is 11.8 Å². The molecule has 0 saturated carbocycles. The average Bonchev–Trinajstić information content (AvgIpc) is 2.73. The molecule has 0 aliphatic carbocycles. The zero-order valence-electron chi connectivity index (χ0n) is 16.0. The van der Waals surface area contributed by atoms with E-state index in [2.05, 4.69) is 11.0 Å². The number of carbonyl (C=O) groups excluding carboxylic acids is 1. The van der Waals surface area contributed by atoms with E-state index in [1.54, 1.807) is 30.3 Å². The molecule has 0 aromatic heterocycles. The van der Waals surface area contributed by atoms with Crippen LogP contribution in [0, 0.1) is 10.1 Å². The molecule has 3 rings (SSSR count).